The van der Waals surface area contributed by atoms with Crippen LogP contribution in [0.5, 0.6) is 0 Å². The van der Waals surface area contributed by atoms with Gasteiger partial charge in [0.15, 0.2) is 0 Å². The Hall–Kier alpha value is -4.05. The fourth-order valence-electron chi connectivity index (χ4n) is 4.50. The average molecular weight is 509 g/mol. The monoisotopic (exact) mass is 508 g/mol. The molecule has 38 heavy (non-hydrogen) atoms. The summed E-state index contributed by atoms with van der Waals surface area (Å²) in [7, 11) is 0. The van der Waals surface area contributed by atoms with Crippen LogP contribution in [-0.2, 0) is 6.42 Å². The molecule has 1 N–H and O–H groups in total. The molecule has 4 rings (SSSR count). The van der Waals surface area contributed by atoms with Crippen molar-refractivity contribution in [1.82, 2.24) is 0 Å². The van der Waals surface area contributed by atoms with Crippen molar-refractivity contribution in [1.29, 1.82) is 0 Å². The second-order valence-electron chi connectivity index (χ2n) is 9.10. The van der Waals surface area contributed by atoms with E-state index in [1.54, 1.807) is 30.3 Å². The Labute approximate surface area is 228 Å². The highest BCUT2D eigenvalue weighted by Crippen LogP contribution is 2.24. The number of aromatic carboxylic acids is 1. The number of carbonyl (C=O) groups is 1. The van der Waals surface area contributed by atoms with Gasteiger partial charge < -0.3 is 14.9 Å². The Morgan fingerprint density at radius 3 is 1.29 bits per heavy atom. The third-order valence-electron chi connectivity index (χ3n) is 6.78. The maximum atomic E-state index is 10.2. The summed E-state index contributed by atoms with van der Waals surface area (Å²) in [6.45, 7) is 13.0. The number of carboxylic acid groups (broad SMARTS) is 1. The molecule has 0 spiro atoms. The molecule has 0 bridgehead atoms. The molecule has 0 aromatic heterocycles. The second kappa shape index (κ2) is 14.6. The third-order valence-corrected chi connectivity index (χ3v) is 6.78. The van der Waals surface area contributed by atoms with Gasteiger partial charge in [-0.2, -0.15) is 0 Å². The summed E-state index contributed by atoms with van der Waals surface area (Å²) in [6, 6.07) is 35.2. The molecule has 198 valence electrons. The highest BCUT2D eigenvalue weighted by atomic mass is 16.4. The van der Waals surface area contributed by atoms with E-state index in [0.29, 0.717) is 5.56 Å². The Kier molecular flexibility index (Phi) is 11.0. The molecular weight excluding hydrogens is 468 g/mol. The first kappa shape index (κ1) is 28.5. The fraction of sp³-hybridized carbons (Fsp3) is 0.265. The Morgan fingerprint density at radius 2 is 0.921 bits per heavy atom. The smallest absolute Gasteiger partial charge is 0.335 e. The fourth-order valence-corrected chi connectivity index (χ4v) is 4.50. The van der Waals surface area contributed by atoms with Gasteiger partial charge >= 0.3 is 5.97 Å². The molecule has 0 amide bonds. The van der Waals surface area contributed by atoms with Crippen LogP contribution in [0.2, 0.25) is 0 Å². The normalized spacial score (nSPS) is 10.3. The molecule has 0 aliphatic carbocycles. The van der Waals surface area contributed by atoms with Gasteiger partial charge in [0, 0.05) is 37.6 Å². The Balaban J connectivity index is 0.000000375. The number of nitrogens with zero attached hydrogens (tertiary/aromatic N) is 2. The molecular formula is C34H40N2O2. The van der Waals surface area contributed by atoms with E-state index in [9.17, 15) is 4.79 Å². The quantitative estimate of drug-likeness (QED) is 0.235. The van der Waals surface area contributed by atoms with Crippen LogP contribution in [0.1, 0.15) is 49.2 Å². The minimum absolute atomic E-state index is 0.331. The average Bonchev–Trinajstić information content (AvgIpc) is 2.97. The maximum absolute atomic E-state index is 10.2. The van der Waals surface area contributed by atoms with Gasteiger partial charge in [0.2, 0.25) is 0 Å². The second-order valence-corrected chi connectivity index (χ2v) is 9.10. The van der Waals surface area contributed by atoms with Crippen molar-refractivity contribution in [3.05, 3.63) is 120 Å². The number of anilines is 2. The number of hydrogen-bond acceptors (Lipinski definition) is 3. The molecule has 4 heteroatoms. The molecule has 0 heterocycles. The van der Waals surface area contributed by atoms with E-state index >= 15 is 0 Å². The first-order chi connectivity index (χ1) is 18.5. The summed E-state index contributed by atoms with van der Waals surface area (Å²) < 4.78 is 0. The van der Waals surface area contributed by atoms with Crippen LogP contribution in [-0.4, -0.2) is 37.3 Å². The predicted molar refractivity (Wildman–Crippen MR) is 162 cm³/mol. The third kappa shape index (κ3) is 7.97. The van der Waals surface area contributed by atoms with E-state index in [1.807, 2.05) is 0 Å². The summed E-state index contributed by atoms with van der Waals surface area (Å²) in [5.74, 6) is -0.879. The van der Waals surface area contributed by atoms with Gasteiger partial charge in [-0.15, -0.1) is 0 Å². The van der Waals surface area contributed by atoms with Crippen LogP contribution < -0.4 is 9.80 Å². The molecule has 4 nitrogen and oxygen atoms in total. The number of benzene rings is 4. The number of hydrogen-bond donors (Lipinski definition) is 1. The number of rotatable bonds is 10. The van der Waals surface area contributed by atoms with E-state index < -0.39 is 5.97 Å². The first-order valence-electron chi connectivity index (χ1n) is 13.6. The molecule has 0 saturated carbocycles. The van der Waals surface area contributed by atoms with E-state index in [4.69, 9.17) is 5.11 Å². The lowest BCUT2D eigenvalue weighted by Crippen LogP contribution is -2.21. The van der Waals surface area contributed by atoms with Gasteiger partial charge in [0.05, 0.1) is 5.56 Å². The van der Waals surface area contributed by atoms with Crippen LogP contribution in [0.4, 0.5) is 11.4 Å². The van der Waals surface area contributed by atoms with Crippen molar-refractivity contribution < 1.29 is 9.90 Å². The van der Waals surface area contributed by atoms with Gasteiger partial charge in [0.1, 0.15) is 0 Å². The highest BCUT2D eigenvalue weighted by Gasteiger charge is 2.05. The molecule has 0 radical (unpaired) electrons. The lowest BCUT2D eigenvalue weighted by atomic mass is 10.00. The topological polar surface area (TPSA) is 43.8 Å². The molecule has 0 unspecified atom stereocenters. The van der Waals surface area contributed by atoms with Crippen LogP contribution in [0.3, 0.4) is 0 Å². The number of carboxylic acids is 1. The lowest BCUT2D eigenvalue weighted by molar-refractivity contribution is 0.0697. The molecule has 4 aromatic rings. The Bertz CT molecular complexity index is 1230. The predicted octanol–water partition coefficient (Wildman–Crippen LogP) is 8.02. The van der Waals surface area contributed by atoms with Crippen molar-refractivity contribution >= 4 is 17.3 Å². The van der Waals surface area contributed by atoms with Crippen molar-refractivity contribution in [3.63, 3.8) is 0 Å². The van der Waals surface area contributed by atoms with Crippen molar-refractivity contribution in [2.45, 2.75) is 34.1 Å². The minimum Gasteiger partial charge on any atom is -0.478 e. The summed E-state index contributed by atoms with van der Waals surface area (Å²) in [4.78, 5) is 15.0. The van der Waals surface area contributed by atoms with Crippen molar-refractivity contribution in [2.75, 3.05) is 36.0 Å². The molecule has 0 atom stereocenters. The molecule has 4 aromatic carbocycles. The van der Waals surface area contributed by atoms with Gasteiger partial charge in [-0.1, -0.05) is 66.7 Å². The summed E-state index contributed by atoms with van der Waals surface area (Å²) in [5, 5.41) is 8.38. The Morgan fingerprint density at radius 1 is 0.553 bits per heavy atom. The van der Waals surface area contributed by atoms with Crippen LogP contribution in [0, 0.1) is 0 Å². The van der Waals surface area contributed by atoms with Gasteiger partial charge in [-0.05, 0) is 92.8 Å². The van der Waals surface area contributed by atoms with Crippen LogP contribution in [0.15, 0.2) is 103 Å². The summed E-state index contributed by atoms with van der Waals surface area (Å²) in [5.41, 5.74) is 8.19. The zero-order valence-electron chi connectivity index (χ0n) is 23.1. The van der Waals surface area contributed by atoms with Crippen molar-refractivity contribution in [2.24, 2.45) is 0 Å². The van der Waals surface area contributed by atoms with E-state index in [2.05, 4.69) is 110 Å². The van der Waals surface area contributed by atoms with Crippen LogP contribution >= 0.6 is 0 Å². The first-order valence-corrected chi connectivity index (χ1v) is 13.6. The molecule has 0 saturated heterocycles. The lowest BCUT2D eigenvalue weighted by Gasteiger charge is -2.21. The standard InChI is InChI=1S/C27H34N2.C7H6O2/c1-5-28(6-2)26-17-11-23(12-18-26)21-22-9-13-24(14-10-22)25-15-19-27(20-16-25)29(7-3)8-4;8-7(9)6-4-2-1-3-5-6/h9-20H,5-8,21H2,1-4H3;1-5H,(H,8,9). The molecule has 0 aliphatic rings. The highest BCUT2D eigenvalue weighted by molar-refractivity contribution is 5.87. The van der Waals surface area contributed by atoms with Gasteiger partial charge in [-0.3, -0.25) is 0 Å². The SMILES string of the molecule is CCN(CC)c1ccc(Cc2ccc(-c3ccc(N(CC)CC)cc3)cc2)cc1.O=C(O)c1ccccc1. The minimum atomic E-state index is -0.879. The summed E-state index contributed by atoms with van der Waals surface area (Å²) >= 11 is 0. The van der Waals surface area contributed by atoms with E-state index in [-0.39, 0.29) is 0 Å². The molecule has 0 aliphatic heterocycles. The molecule has 0 fully saturated rings. The maximum Gasteiger partial charge on any atom is 0.335 e. The largest absolute Gasteiger partial charge is 0.478 e. The van der Waals surface area contributed by atoms with Gasteiger partial charge in [-0.25, -0.2) is 4.79 Å². The van der Waals surface area contributed by atoms with Crippen molar-refractivity contribution in [3.8, 4) is 11.1 Å². The van der Waals surface area contributed by atoms with Crippen LogP contribution in [0.25, 0.3) is 11.1 Å². The van der Waals surface area contributed by atoms with E-state index in [1.165, 1.54) is 33.6 Å². The zero-order valence-corrected chi connectivity index (χ0v) is 23.1. The zero-order chi connectivity index (χ0) is 27.3. The van der Waals surface area contributed by atoms with Gasteiger partial charge in [0.25, 0.3) is 0 Å². The summed E-state index contributed by atoms with van der Waals surface area (Å²) in [6.07, 6.45) is 0.972. The van der Waals surface area contributed by atoms with E-state index in [0.717, 1.165) is 32.6 Å².